The molecule has 0 atom stereocenters. The Labute approximate surface area is 165 Å². The molecule has 0 saturated heterocycles. The average molecular weight is 397 g/mol. The summed E-state index contributed by atoms with van der Waals surface area (Å²) in [4.78, 5) is 39.8. The maximum Gasteiger partial charge on any atom is 0.355 e. The molecule has 0 saturated carbocycles. The van der Waals surface area contributed by atoms with Crippen LogP contribution in [0.3, 0.4) is 0 Å². The first kappa shape index (κ1) is 19.9. The smallest absolute Gasteiger partial charge is 0.355 e. The summed E-state index contributed by atoms with van der Waals surface area (Å²) in [6, 6.07) is 6.49. The van der Waals surface area contributed by atoms with E-state index in [0.717, 1.165) is 0 Å². The van der Waals surface area contributed by atoms with E-state index in [4.69, 9.17) is 9.47 Å². The predicted molar refractivity (Wildman–Crippen MR) is 100.0 cm³/mol. The number of ketones is 1. The molecule has 2 aromatic heterocycles. The number of carbonyl (C=O) groups is 3. The number of H-pyrrole nitrogens is 1. The number of hydrogen-bond acceptors (Lipinski definition) is 8. The summed E-state index contributed by atoms with van der Waals surface area (Å²) >= 11 is 0. The van der Waals surface area contributed by atoms with Gasteiger partial charge in [0.25, 0.3) is 0 Å². The standard InChI is InChI=1S/C19H19N5O5/c1-4-28-19(27)17-11(2)16(12(3)21-17)15(25)9-29-18(26)13-6-5-7-14(8-13)24-10-20-22-23-24/h5-8,10,21H,4,9H2,1-3H3. The number of aromatic nitrogens is 5. The van der Waals surface area contributed by atoms with Crippen LogP contribution in [0, 0.1) is 13.8 Å². The van der Waals surface area contributed by atoms with Crippen molar-refractivity contribution in [2.24, 2.45) is 0 Å². The maximum absolute atomic E-state index is 12.6. The summed E-state index contributed by atoms with van der Waals surface area (Å²) < 4.78 is 11.5. The van der Waals surface area contributed by atoms with Gasteiger partial charge in [-0.3, -0.25) is 4.79 Å². The first-order valence-electron chi connectivity index (χ1n) is 8.82. The van der Waals surface area contributed by atoms with Crippen molar-refractivity contribution in [3.63, 3.8) is 0 Å². The number of hydrogen-bond donors (Lipinski definition) is 1. The van der Waals surface area contributed by atoms with E-state index in [1.54, 1.807) is 45.0 Å². The van der Waals surface area contributed by atoms with Crippen LogP contribution < -0.4 is 0 Å². The molecule has 0 unspecified atom stereocenters. The highest BCUT2D eigenvalue weighted by atomic mass is 16.5. The maximum atomic E-state index is 12.6. The lowest BCUT2D eigenvalue weighted by Crippen LogP contribution is -2.16. The van der Waals surface area contributed by atoms with Crippen LogP contribution in [-0.2, 0) is 9.47 Å². The molecule has 1 aromatic carbocycles. The highest BCUT2D eigenvalue weighted by molar-refractivity contribution is 6.04. The van der Waals surface area contributed by atoms with Crippen LogP contribution in [0.4, 0.5) is 0 Å². The molecular formula is C19H19N5O5. The largest absolute Gasteiger partial charge is 0.461 e. The Morgan fingerprint density at radius 1 is 1.14 bits per heavy atom. The lowest BCUT2D eigenvalue weighted by molar-refractivity contribution is 0.0473. The molecular weight excluding hydrogens is 378 g/mol. The SMILES string of the molecule is CCOC(=O)c1[nH]c(C)c(C(=O)COC(=O)c2cccc(-n3cnnn3)c2)c1C. The zero-order chi connectivity index (χ0) is 21.0. The van der Waals surface area contributed by atoms with Crippen LogP contribution in [-0.4, -0.2) is 56.1 Å². The van der Waals surface area contributed by atoms with Gasteiger partial charge in [-0.15, -0.1) is 5.10 Å². The van der Waals surface area contributed by atoms with Crippen molar-refractivity contribution in [3.05, 3.63) is 58.7 Å². The number of Topliss-reactive ketones (excluding diaryl/α,β-unsaturated/α-hetero) is 1. The van der Waals surface area contributed by atoms with Gasteiger partial charge in [-0.2, -0.15) is 0 Å². The summed E-state index contributed by atoms with van der Waals surface area (Å²) in [5, 5.41) is 10.8. The fraction of sp³-hybridized carbons (Fsp3) is 0.263. The van der Waals surface area contributed by atoms with Gasteiger partial charge in [0.1, 0.15) is 12.0 Å². The van der Waals surface area contributed by atoms with Crippen molar-refractivity contribution in [2.75, 3.05) is 13.2 Å². The molecule has 0 aliphatic carbocycles. The molecule has 0 radical (unpaired) electrons. The summed E-state index contributed by atoms with van der Waals surface area (Å²) in [6.07, 6.45) is 1.40. The van der Waals surface area contributed by atoms with Crippen LogP contribution in [0.2, 0.25) is 0 Å². The third-order valence-corrected chi connectivity index (χ3v) is 4.23. The number of nitrogens with one attached hydrogen (secondary N) is 1. The van der Waals surface area contributed by atoms with Crippen molar-refractivity contribution < 1.29 is 23.9 Å². The molecule has 0 aliphatic heterocycles. The van der Waals surface area contributed by atoms with Gasteiger partial charge >= 0.3 is 11.9 Å². The number of esters is 2. The highest BCUT2D eigenvalue weighted by Crippen LogP contribution is 2.20. The van der Waals surface area contributed by atoms with Gasteiger partial charge in [0.15, 0.2) is 6.61 Å². The molecule has 0 spiro atoms. The predicted octanol–water partition coefficient (Wildman–Crippen LogP) is 1.82. The van der Waals surface area contributed by atoms with E-state index in [2.05, 4.69) is 20.5 Å². The first-order chi connectivity index (χ1) is 13.9. The molecule has 150 valence electrons. The molecule has 0 bridgehead atoms. The topological polar surface area (TPSA) is 129 Å². The molecule has 0 aliphatic rings. The minimum atomic E-state index is -0.662. The lowest BCUT2D eigenvalue weighted by Gasteiger charge is -2.07. The fourth-order valence-electron chi connectivity index (χ4n) is 2.92. The minimum Gasteiger partial charge on any atom is -0.461 e. The Kier molecular flexibility index (Phi) is 5.82. The number of rotatable bonds is 7. The van der Waals surface area contributed by atoms with E-state index in [0.29, 0.717) is 22.5 Å². The second-order valence-electron chi connectivity index (χ2n) is 6.15. The van der Waals surface area contributed by atoms with Gasteiger partial charge in [-0.1, -0.05) is 6.07 Å². The number of nitrogens with zero attached hydrogens (tertiary/aromatic N) is 4. The number of tetrazole rings is 1. The first-order valence-corrected chi connectivity index (χ1v) is 8.82. The van der Waals surface area contributed by atoms with Crippen LogP contribution in [0.1, 0.15) is 49.4 Å². The fourth-order valence-corrected chi connectivity index (χ4v) is 2.92. The number of aryl methyl sites for hydroxylation is 1. The van der Waals surface area contributed by atoms with Crippen LogP contribution in [0.25, 0.3) is 5.69 Å². The Bertz CT molecular complexity index is 1060. The number of ether oxygens (including phenoxy) is 2. The van der Waals surface area contributed by atoms with Gasteiger partial charge in [-0.05, 0) is 55.0 Å². The molecule has 10 nitrogen and oxygen atoms in total. The van der Waals surface area contributed by atoms with Gasteiger partial charge in [0.05, 0.1) is 17.9 Å². The lowest BCUT2D eigenvalue weighted by atomic mass is 10.1. The third-order valence-electron chi connectivity index (χ3n) is 4.23. The Balaban J connectivity index is 1.71. The van der Waals surface area contributed by atoms with Crippen molar-refractivity contribution in [2.45, 2.75) is 20.8 Å². The summed E-state index contributed by atoms with van der Waals surface area (Å²) in [5.41, 5.74) is 2.32. The summed E-state index contributed by atoms with van der Waals surface area (Å²) in [7, 11) is 0. The Hall–Kier alpha value is -3.82. The van der Waals surface area contributed by atoms with Crippen molar-refractivity contribution in [1.82, 2.24) is 25.2 Å². The monoisotopic (exact) mass is 397 g/mol. The minimum absolute atomic E-state index is 0.216. The average Bonchev–Trinajstić information content (AvgIpc) is 3.34. The summed E-state index contributed by atoms with van der Waals surface area (Å²) in [5.74, 6) is -1.62. The van der Waals surface area contributed by atoms with Crippen molar-refractivity contribution >= 4 is 17.7 Å². The van der Waals surface area contributed by atoms with Crippen LogP contribution >= 0.6 is 0 Å². The van der Waals surface area contributed by atoms with Crippen LogP contribution in [0.5, 0.6) is 0 Å². The zero-order valence-electron chi connectivity index (χ0n) is 16.1. The van der Waals surface area contributed by atoms with Gasteiger partial charge in [-0.25, -0.2) is 14.3 Å². The summed E-state index contributed by atoms with van der Waals surface area (Å²) in [6.45, 7) is 4.76. The Morgan fingerprint density at radius 3 is 2.62 bits per heavy atom. The second-order valence-corrected chi connectivity index (χ2v) is 6.15. The highest BCUT2D eigenvalue weighted by Gasteiger charge is 2.23. The molecule has 0 fully saturated rings. The molecule has 29 heavy (non-hydrogen) atoms. The molecule has 10 heteroatoms. The molecule has 3 rings (SSSR count). The van der Waals surface area contributed by atoms with E-state index >= 15 is 0 Å². The van der Waals surface area contributed by atoms with Crippen molar-refractivity contribution in [3.8, 4) is 5.69 Å². The third kappa shape index (κ3) is 4.21. The van der Waals surface area contributed by atoms with Crippen LogP contribution in [0.15, 0.2) is 30.6 Å². The molecule has 2 heterocycles. The van der Waals surface area contributed by atoms with E-state index in [9.17, 15) is 14.4 Å². The molecule has 0 amide bonds. The van der Waals surface area contributed by atoms with E-state index in [1.165, 1.54) is 11.0 Å². The van der Waals surface area contributed by atoms with E-state index in [-0.39, 0.29) is 17.9 Å². The number of carbonyl (C=O) groups excluding carboxylic acids is 3. The van der Waals surface area contributed by atoms with Gasteiger partial charge < -0.3 is 14.5 Å². The van der Waals surface area contributed by atoms with E-state index < -0.39 is 24.3 Å². The number of benzene rings is 1. The van der Waals surface area contributed by atoms with E-state index in [1.807, 2.05) is 0 Å². The Morgan fingerprint density at radius 2 is 1.93 bits per heavy atom. The number of aromatic amines is 1. The quantitative estimate of drug-likeness (QED) is 0.472. The normalized spacial score (nSPS) is 10.6. The zero-order valence-corrected chi connectivity index (χ0v) is 16.1. The van der Waals surface area contributed by atoms with Gasteiger partial charge in [0.2, 0.25) is 5.78 Å². The molecule has 1 N–H and O–H groups in total. The second kappa shape index (κ2) is 8.46. The van der Waals surface area contributed by atoms with Gasteiger partial charge in [0, 0.05) is 11.3 Å². The molecule has 3 aromatic rings. The van der Waals surface area contributed by atoms with Crippen molar-refractivity contribution in [1.29, 1.82) is 0 Å².